The molecule has 0 saturated carbocycles. The first kappa shape index (κ1) is 14.4. The topological polar surface area (TPSA) is 91.8 Å². The molecular formula is C15H17N5O2. The van der Waals surface area contributed by atoms with E-state index in [1.165, 1.54) is 0 Å². The fraction of sp³-hybridized carbons (Fsp3) is 0.400. The molecule has 0 bridgehead atoms. The molecule has 0 radical (unpaired) electrons. The molecule has 1 saturated heterocycles. The van der Waals surface area contributed by atoms with E-state index in [4.69, 9.17) is 0 Å². The van der Waals surface area contributed by atoms with Crippen LogP contribution in [-0.2, 0) is 0 Å². The maximum Gasteiger partial charge on any atom is 0.345 e. The number of aryl methyl sites for hydroxylation is 1. The van der Waals surface area contributed by atoms with Crippen LogP contribution in [0.5, 0.6) is 0 Å². The number of nitrogens with one attached hydrogen (secondary N) is 1. The van der Waals surface area contributed by atoms with E-state index < -0.39 is 5.69 Å². The molecule has 7 heteroatoms. The van der Waals surface area contributed by atoms with E-state index >= 15 is 0 Å². The quantitative estimate of drug-likeness (QED) is 0.889. The molecule has 3 heterocycles. The fourth-order valence-corrected chi connectivity index (χ4v) is 2.75. The van der Waals surface area contributed by atoms with Crippen LogP contribution in [0.3, 0.4) is 0 Å². The van der Waals surface area contributed by atoms with Gasteiger partial charge >= 0.3 is 5.69 Å². The van der Waals surface area contributed by atoms with Crippen LogP contribution >= 0.6 is 0 Å². The largest absolute Gasteiger partial charge is 0.345 e. The summed E-state index contributed by atoms with van der Waals surface area (Å²) in [6.45, 7) is 3.00. The SMILES string of the molecule is Cc1cc(C(=O)N2CCC(c3cnccn3)CC2)nc(=O)[nH]1. The first-order valence-electron chi connectivity index (χ1n) is 7.26. The van der Waals surface area contributed by atoms with Gasteiger partial charge in [0.15, 0.2) is 0 Å². The molecule has 3 rings (SSSR count). The van der Waals surface area contributed by atoms with Crippen LogP contribution in [0.4, 0.5) is 0 Å². The molecule has 1 fully saturated rings. The van der Waals surface area contributed by atoms with Crippen LogP contribution in [0, 0.1) is 6.92 Å². The van der Waals surface area contributed by atoms with Gasteiger partial charge in [0.25, 0.3) is 5.91 Å². The van der Waals surface area contributed by atoms with Gasteiger partial charge in [-0.05, 0) is 25.8 Å². The maximum atomic E-state index is 12.4. The van der Waals surface area contributed by atoms with Gasteiger partial charge in [-0.2, -0.15) is 4.98 Å². The molecule has 0 aliphatic carbocycles. The Morgan fingerprint density at radius 2 is 2.09 bits per heavy atom. The fourth-order valence-electron chi connectivity index (χ4n) is 2.75. The Morgan fingerprint density at radius 3 is 2.73 bits per heavy atom. The number of H-pyrrole nitrogens is 1. The minimum atomic E-state index is -0.488. The van der Waals surface area contributed by atoms with Crippen LogP contribution in [0.1, 0.15) is 40.6 Å². The second kappa shape index (κ2) is 6.05. The molecule has 7 nitrogen and oxygen atoms in total. The monoisotopic (exact) mass is 299 g/mol. The van der Waals surface area contributed by atoms with Gasteiger partial charge in [-0.15, -0.1) is 0 Å². The van der Waals surface area contributed by atoms with Crippen LogP contribution in [0.25, 0.3) is 0 Å². The summed E-state index contributed by atoms with van der Waals surface area (Å²) in [6, 6.07) is 1.61. The average Bonchev–Trinajstić information content (AvgIpc) is 2.54. The Balaban J connectivity index is 1.68. The van der Waals surface area contributed by atoms with Crippen molar-refractivity contribution in [1.29, 1.82) is 0 Å². The van der Waals surface area contributed by atoms with E-state index in [9.17, 15) is 9.59 Å². The van der Waals surface area contributed by atoms with E-state index in [-0.39, 0.29) is 11.6 Å². The van der Waals surface area contributed by atoms with Crippen molar-refractivity contribution in [2.45, 2.75) is 25.7 Å². The Bertz CT molecular complexity index is 720. The number of aromatic nitrogens is 4. The lowest BCUT2D eigenvalue weighted by Gasteiger charge is -2.31. The number of nitrogens with zero attached hydrogens (tertiary/aromatic N) is 4. The standard InChI is InChI=1S/C15H17N5O2/c1-10-8-12(19-15(22)18-10)14(21)20-6-2-11(3-7-20)13-9-16-4-5-17-13/h4-5,8-9,11H,2-3,6-7H2,1H3,(H,18,19,22). The summed E-state index contributed by atoms with van der Waals surface area (Å²) in [5.74, 6) is 0.137. The molecular weight excluding hydrogens is 282 g/mol. The van der Waals surface area contributed by atoms with E-state index in [0.29, 0.717) is 24.7 Å². The molecule has 0 aromatic carbocycles. The number of carbonyl (C=O) groups is 1. The van der Waals surface area contributed by atoms with E-state index in [0.717, 1.165) is 18.5 Å². The van der Waals surface area contributed by atoms with Crippen molar-refractivity contribution < 1.29 is 4.79 Å². The highest BCUT2D eigenvalue weighted by molar-refractivity contribution is 5.92. The van der Waals surface area contributed by atoms with Crippen LogP contribution in [0.2, 0.25) is 0 Å². The third-order valence-electron chi connectivity index (χ3n) is 3.88. The van der Waals surface area contributed by atoms with E-state index in [2.05, 4.69) is 19.9 Å². The van der Waals surface area contributed by atoms with Crippen molar-refractivity contribution in [3.63, 3.8) is 0 Å². The molecule has 1 N–H and O–H groups in total. The Morgan fingerprint density at radius 1 is 1.32 bits per heavy atom. The van der Waals surface area contributed by atoms with Gasteiger partial charge in [0, 0.05) is 43.3 Å². The molecule has 114 valence electrons. The highest BCUT2D eigenvalue weighted by Gasteiger charge is 2.26. The molecule has 2 aromatic rings. The predicted molar refractivity (Wildman–Crippen MR) is 79.5 cm³/mol. The van der Waals surface area contributed by atoms with Gasteiger partial charge in [-0.3, -0.25) is 14.8 Å². The van der Waals surface area contributed by atoms with E-state index in [1.807, 2.05) is 0 Å². The number of amides is 1. The Labute approximate surface area is 127 Å². The van der Waals surface area contributed by atoms with Gasteiger partial charge in [0.1, 0.15) is 5.69 Å². The maximum absolute atomic E-state index is 12.4. The predicted octanol–water partition coefficient (Wildman–Crippen LogP) is 0.888. The second-order valence-corrected chi connectivity index (χ2v) is 5.45. The number of piperidine rings is 1. The summed E-state index contributed by atoms with van der Waals surface area (Å²) in [6.07, 6.45) is 6.81. The number of hydrogen-bond donors (Lipinski definition) is 1. The zero-order chi connectivity index (χ0) is 15.5. The lowest BCUT2D eigenvalue weighted by molar-refractivity contribution is 0.0705. The first-order valence-corrected chi connectivity index (χ1v) is 7.26. The number of aromatic amines is 1. The van der Waals surface area contributed by atoms with Gasteiger partial charge in [-0.1, -0.05) is 0 Å². The summed E-state index contributed by atoms with van der Waals surface area (Å²) >= 11 is 0. The Kier molecular flexibility index (Phi) is 3.95. The van der Waals surface area contributed by atoms with Crippen molar-refractivity contribution in [3.8, 4) is 0 Å². The highest BCUT2D eigenvalue weighted by atomic mass is 16.2. The van der Waals surface area contributed by atoms with Gasteiger partial charge in [0.05, 0.1) is 5.69 Å². The van der Waals surface area contributed by atoms with Gasteiger partial charge < -0.3 is 9.88 Å². The lowest BCUT2D eigenvalue weighted by Crippen LogP contribution is -2.39. The molecule has 0 spiro atoms. The minimum absolute atomic E-state index is 0.188. The van der Waals surface area contributed by atoms with Crippen LogP contribution in [-0.4, -0.2) is 43.8 Å². The van der Waals surface area contributed by atoms with E-state index in [1.54, 1.807) is 36.5 Å². The van der Waals surface area contributed by atoms with Crippen molar-refractivity contribution >= 4 is 5.91 Å². The summed E-state index contributed by atoms with van der Waals surface area (Å²) in [5, 5.41) is 0. The molecule has 0 atom stereocenters. The molecule has 2 aromatic heterocycles. The first-order chi connectivity index (χ1) is 10.6. The molecule has 1 aliphatic rings. The third-order valence-corrected chi connectivity index (χ3v) is 3.88. The number of hydrogen-bond acceptors (Lipinski definition) is 5. The number of likely N-dealkylation sites (tertiary alicyclic amines) is 1. The summed E-state index contributed by atoms with van der Waals surface area (Å²) in [5.41, 5.74) is 1.33. The van der Waals surface area contributed by atoms with Crippen molar-refractivity contribution in [2.75, 3.05) is 13.1 Å². The lowest BCUT2D eigenvalue weighted by atomic mass is 9.93. The molecule has 1 aliphatic heterocycles. The summed E-state index contributed by atoms with van der Waals surface area (Å²) in [7, 11) is 0. The number of rotatable bonds is 2. The molecule has 1 amide bonds. The van der Waals surface area contributed by atoms with Crippen molar-refractivity contribution in [3.05, 3.63) is 52.2 Å². The smallest absolute Gasteiger partial charge is 0.337 e. The van der Waals surface area contributed by atoms with Gasteiger partial charge in [0.2, 0.25) is 0 Å². The zero-order valence-electron chi connectivity index (χ0n) is 12.3. The van der Waals surface area contributed by atoms with Crippen LogP contribution < -0.4 is 5.69 Å². The van der Waals surface area contributed by atoms with Gasteiger partial charge in [-0.25, -0.2) is 4.79 Å². The molecule has 22 heavy (non-hydrogen) atoms. The Hall–Kier alpha value is -2.57. The number of carbonyl (C=O) groups excluding carboxylic acids is 1. The highest BCUT2D eigenvalue weighted by Crippen LogP contribution is 2.26. The van der Waals surface area contributed by atoms with Crippen molar-refractivity contribution in [1.82, 2.24) is 24.8 Å². The van der Waals surface area contributed by atoms with Crippen LogP contribution in [0.15, 0.2) is 29.5 Å². The summed E-state index contributed by atoms with van der Waals surface area (Å²) < 4.78 is 0. The van der Waals surface area contributed by atoms with Crippen molar-refractivity contribution in [2.24, 2.45) is 0 Å². The zero-order valence-corrected chi connectivity index (χ0v) is 12.3. The molecule has 0 unspecified atom stereocenters. The second-order valence-electron chi connectivity index (χ2n) is 5.45. The average molecular weight is 299 g/mol. The minimum Gasteiger partial charge on any atom is -0.337 e. The summed E-state index contributed by atoms with van der Waals surface area (Å²) in [4.78, 5) is 40.3. The normalized spacial score (nSPS) is 15.8. The third kappa shape index (κ3) is 3.03.